The van der Waals surface area contributed by atoms with E-state index in [0.29, 0.717) is 38.7 Å². The second-order valence-electron chi connectivity index (χ2n) is 7.77. The second-order valence-corrected chi connectivity index (χ2v) is 9.69. The second kappa shape index (κ2) is 9.28. The summed E-state index contributed by atoms with van der Waals surface area (Å²) >= 11 is 0. The fraction of sp³-hybridized carbons (Fsp3) is 0.571. The maximum absolute atomic E-state index is 12.7. The van der Waals surface area contributed by atoms with Crippen molar-refractivity contribution >= 4 is 10.2 Å². The topological polar surface area (TPSA) is 78.5 Å². The van der Waals surface area contributed by atoms with Gasteiger partial charge in [-0.3, -0.25) is 5.10 Å². The molecular weight excluding hydrogens is 388 g/mol. The minimum Gasteiger partial charge on any atom is -0.487 e. The van der Waals surface area contributed by atoms with E-state index in [9.17, 15) is 8.42 Å². The van der Waals surface area contributed by atoms with Crippen molar-refractivity contribution < 1.29 is 13.2 Å². The highest BCUT2D eigenvalue weighted by Gasteiger charge is 2.35. The van der Waals surface area contributed by atoms with Gasteiger partial charge in [-0.1, -0.05) is 39.8 Å². The monoisotopic (exact) mass is 420 g/mol. The van der Waals surface area contributed by atoms with Gasteiger partial charge in [-0.05, 0) is 36.1 Å². The van der Waals surface area contributed by atoms with Crippen molar-refractivity contribution in [3.63, 3.8) is 0 Å². The fourth-order valence-corrected chi connectivity index (χ4v) is 5.35. The SMILES string of the molecule is CCN(CC)S(=O)(=O)N1CCC(c2cc(COc3ccc(C(C)C)cc3)[nH]n2)C1. The van der Waals surface area contributed by atoms with E-state index in [2.05, 4.69) is 36.2 Å². The first-order valence-corrected chi connectivity index (χ1v) is 11.8. The van der Waals surface area contributed by atoms with E-state index in [1.54, 1.807) is 4.31 Å². The average molecular weight is 421 g/mol. The zero-order valence-electron chi connectivity index (χ0n) is 17.8. The minimum absolute atomic E-state index is 0.107. The van der Waals surface area contributed by atoms with Crippen LogP contribution in [-0.4, -0.2) is 53.4 Å². The van der Waals surface area contributed by atoms with Gasteiger partial charge in [0.2, 0.25) is 0 Å². The van der Waals surface area contributed by atoms with Gasteiger partial charge in [0.1, 0.15) is 12.4 Å². The summed E-state index contributed by atoms with van der Waals surface area (Å²) in [7, 11) is -3.39. The lowest BCUT2D eigenvalue weighted by Crippen LogP contribution is -2.42. The average Bonchev–Trinajstić information content (AvgIpc) is 3.37. The van der Waals surface area contributed by atoms with Crippen molar-refractivity contribution in [2.75, 3.05) is 26.2 Å². The highest BCUT2D eigenvalue weighted by molar-refractivity contribution is 7.86. The Kier molecular flexibility index (Phi) is 6.97. The van der Waals surface area contributed by atoms with Crippen LogP contribution in [0, 0.1) is 0 Å². The third kappa shape index (κ3) is 4.99. The predicted octanol–water partition coefficient (Wildman–Crippen LogP) is 3.49. The van der Waals surface area contributed by atoms with Gasteiger partial charge in [0.05, 0.1) is 11.4 Å². The lowest BCUT2D eigenvalue weighted by atomic mass is 10.0. The zero-order valence-corrected chi connectivity index (χ0v) is 18.6. The van der Waals surface area contributed by atoms with Gasteiger partial charge in [-0.2, -0.15) is 22.1 Å². The van der Waals surface area contributed by atoms with Crippen molar-refractivity contribution in [3.8, 4) is 5.75 Å². The van der Waals surface area contributed by atoms with Crippen LogP contribution in [0.4, 0.5) is 0 Å². The number of hydrogen-bond acceptors (Lipinski definition) is 4. The minimum atomic E-state index is -3.39. The Balaban J connectivity index is 1.58. The standard InChI is InChI=1S/C21H32N4O3S/c1-5-24(6-2)29(26,27)25-12-11-18(14-25)21-13-19(22-23-21)15-28-20-9-7-17(8-10-20)16(3)4/h7-10,13,16,18H,5-6,11-12,14-15H2,1-4H3,(H,22,23). The molecule has 1 saturated heterocycles. The molecule has 2 heterocycles. The van der Waals surface area contributed by atoms with E-state index < -0.39 is 10.2 Å². The number of aromatic nitrogens is 2. The molecule has 29 heavy (non-hydrogen) atoms. The zero-order chi connectivity index (χ0) is 21.0. The van der Waals surface area contributed by atoms with E-state index in [1.165, 1.54) is 9.87 Å². The Hall–Kier alpha value is -1.90. The Morgan fingerprint density at radius 2 is 1.93 bits per heavy atom. The van der Waals surface area contributed by atoms with Gasteiger partial charge in [-0.25, -0.2) is 0 Å². The molecule has 2 aromatic rings. The van der Waals surface area contributed by atoms with Crippen molar-refractivity contribution in [2.45, 2.75) is 52.6 Å². The molecule has 1 atom stereocenters. The van der Waals surface area contributed by atoms with Gasteiger partial charge in [-0.15, -0.1) is 0 Å². The summed E-state index contributed by atoms with van der Waals surface area (Å²) in [5, 5.41) is 7.44. The van der Waals surface area contributed by atoms with Gasteiger partial charge in [0, 0.05) is 32.1 Å². The van der Waals surface area contributed by atoms with Crippen LogP contribution >= 0.6 is 0 Å². The van der Waals surface area contributed by atoms with Crippen LogP contribution in [0.15, 0.2) is 30.3 Å². The number of benzene rings is 1. The normalized spacial score (nSPS) is 18.1. The van der Waals surface area contributed by atoms with Gasteiger partial charge in [0.25, 0.3) is 10.2 Å². The Labute approximate surface area is 174 Å². The molecule has 0 amide bonds. The molecule has 1 aliphatic rings. The first-order chi connectivity index (χ1) is 13.8. The number of nitrogens with zero attached hydrogens (tertiary/aromatic N) is 3. The number of H-pyrrole nitrogens is 1. The summed E-state index contributed by atoms with van der Waals surface area (Å²) in [5.41, 5.74) is 3.07. The molecule has 3 rings (SSSR count). The predicted molar refractivity (Wildman–Crippen MR) is 114 cm³/mol. The van der Waals surface area contributed by atoms with Crippen molar-refractivity contribution in [1.29, 1.82) is 0 Å². The summed E-state index contributed by atoms with van der Waals surface area (Å²) in [6.07, 6.45) is 0.780. The van der Waals surface area contributed by atoms with Crippen LogP contribution in [0.5, 0.6) is 5.75 Å². The number of hydrogen-bond donors (Lipinski definition) is 1. The summed E-state index contributed by atoms with van der Waals surface area (Å²) in [4.78, 5) is 0. The van der Waals surface area contributed by atoms with E-state index in [0.717, 1.165) is 23.6 Å². The van der Waals surface area contributed by atoms with Crippen LogP contribution in [0.25, 0.3) is 0 Å². The lowest BCUT2D eigenvalue weighted by Gasteiger charge is -2.25. The lowest BCUT2D eigenvalue weighted by molar-refractivity contribution is 0.301. The van der Waals surface area contributed by atoms with Gasteiger partial charge < -0.3 is 4.74 Å². The largest absolute Gasteiger partial charge is 0.487 e. The summed E-state index contributed by atoms with van der Waals surface area (Å²) in [6.45, 7) is 10.5. The Bertz CT molecular complexity index is 889. The third-order valence-corrected chi connectivity index (χ3v) is 7.67. The number of ether oxygens (including phenoxy) is 1. The molecule has 0 bridgehead atoms. The van der Waals surface area contributed by atoms with Crippen LogP contribution < -0.4 is 4.74 Å². The Morgan fingerprint density at radius 3 is 2.55 bits per heavy atom. The van der Waals surface area contributed by atoms with E-state index in [1.807, 2.05) is 32.0 Å². The summed E-state index contributed by atoms with van der Waals surface area (Å²) in [5.74, 6) is 1.43. The quantitative estimate of drug-likeness (QED) is 0.674. The van der Waals surface area contributed by atoms with Crippen LogP contribution in [0.2, 0.25) is 0 Å². The molecule has 1 unspecified atom stereocenters. The molecule has 1 fully saturated rings. The molecule has 1 aliphatic heterocycles. The molecular formula is C21H32N4O3S. The van der Waals surface area contributed by atoms with E-state index in [4.69, 9.17) is 4.74 Å². The molecule has 0 radical (unpaired) electrons. The molecule has 0 spiro atoms. The third-order valence-electron chi connectivity index (χ3n) is 5.52. The number of rotatable bonds is 9. The van der Waals surface area contributed by atoms with Crippen LogP contribution in [0.3, 0.4) is 0 Å². The summed E-state index contributed by atoms with van der Waals surface area (Å²) < 4.78 is 34.3. The molecule has 0 aliphatic carbocycles. The van der Waals surface area contributed by atoms with Crippen molar-refractivity contribution in [3.05, 3.63) is 47.3 Å². The number of nitrogens with one attached hydrogen (secondary N) is 1. The highest BCUT2D eigenvalue weighted by Crippen LogP contribution is 2.29. The smallest absolute Gasteiger partial charge is 0.281 e. The maximum Gasteiger partial charge on any atom is 0.281 e. The Morgan fingerprint density at radius 1 is 1.24 bits per heavy atom. The molecule has 1 aromatic carbocycles. The van der Waals surface area contributed by atoms with Gasteiger partial charge in [0.15, 0.2) is 0 Å². The highest BCUT2D eigenvalue weighted by atomic mass is 32.2. The molecule has 1 N–H and O–H groups in total. The summed E-state index contributed by atoms with van der Waals surface area (Å²) in [6, 6.07) is 10.1. The van der Waals surface area contributed by atoms with Crippen LogP contribution in [0.1, 0.15) is 62.9 Å². The molecule has 0 saturated carbocycles. The molecule has 8 heteroatoms. The molecule has 7 nitrogen and oxygen atoms in total. The van der Waals surface area contributed by atoms with E-state index in [-0.39, 0.29) is 5.92 Å². The van der Waals surface area contributed by atoms with E-state index >= 15 is 0 Å². The molecule has 1 aromatic heterocycles. The van der Waals surface area contributed by atoms with Gasteiger partial charge >= 0.3 is 0 Å². The fourth-order valence-electron chi connectivity index (χ4n) is 3.66. The van der Waals surface area contributed by atoms with Crippen LogP contribution in [-0.2, 0) is 16.8 Å². The van der Waals surface area contributed by atoms with Crippen molar-refractivity contribution in [1.82, 2.24) is 18.8 Å². The first-order valence-electron chi connectivity index (χ1n) is 10.4. The first kappa shape index (κ1) is 21.8. The molecule has 160 valence electrons. The maximum atomic E-state index is 12.7. The number of aromatic amines is 1. The van der Waals surface area contributed by atoms with Crippen molar-refractivity contribution in [2.24, 2.45) is 0 Å².